The minimum absolute atomic E-state index is 0.155. The molecule has 2 saturated heterocycles. The second kappa shape index (κ2) is 8.81. The standard InChI is InChI=1S/C20H28N4O4/c1-20(13-25,21-2)12-23-15-11-28-17-9-8-16(24(17)19(15)27)18(26)22-10-14-6-4-3-5-7-14/h3-7,13,15-17,21,23H,8-12H2,1-2H3,(H,22,26). The van der Waals surface area contributed by atoms with Gasteiger partial charge in [0.15, 0.2) is 0 Å². The van der Waals surface area contributed by atoms with Gasteiger partial charge in [-0.05, 0) is 32.4 Å². The molecule has 28 heavy (non-hydrogen) atoms. The number of aldehydes is 1. The van der Waals surface area contributed by atoms with E-state index in [0.717, 1.165) is 11.8 Å². The number of hydrogen-bond acceptors (Lipinski definition) is 6. The Morgan fingerprint density at radius 3 is 2.75 bits per heavy atom. The molecule has 152 valence electrons. The molecule has 3 N–H and O–H groups in total. The number of amides is 2. The lowest BCUT2D eigenvalue weighted by Crippen LogP contribution is -2.63. The Bertz CT molecular complexity index is 713. The summed E-state index contributed by atoms with van der Waals surface area (Å²) in [7, 11) is 1.69. The Balaban J connectivity index is 1.60. The number of rotatable bonds is 8. The predicted octanol–water partition coefficient (Wildman–Crippen LogP) is -0.215. The van der Waals surface area contributed by atoms with Gasteiger partial charge in [0, 0.05) is 13.1 Å². The van der Waals surface area contributed by atoms with Gasteiger partial charge in [-0.1, -0.05) is 30.3 Å². The quantitative estimate of drug-likeness (QED) is 0.533. The van der Waals surface area contributed by atoms with Gasteiger partial charge in [0.25, 0.3) is 0 Å². The van der Waals surface area contributed by atoms with Crippen LogP contribution in [0, 0.1) is 0 Å². The molecule has 2 fully saturated rings. The average Bonchev–Trinajstić information content (AvgIpc) is 3.17. The SMILES string of the molecule is CNC(C)(C=O)CNC1COC2CCC(C(=O)NCc3ccccc3)N2C1=O. The van der Waals surface area contributed by atoms with Crippen molar-refractivity contribution in [2.45, 2.75) is 50.2 Å². The van der Waals surface area contributed by atoms with Crippen LogP contribution in [-0.2, 0) is 25.7 Å². The second-order valence-electron chi connectivity index (χ2n) is 7.55. The highest BCUT2D eigenvalue weighted by Gasteiger charge is 2.47. The molecule has 2 amide bonds. The van der Waals surface area contributed by atoms with E-state index in [4.69, 9.17) is 4.74 Å². The van der Waals surface area contributed by atoms with Crippen LogP contribution in [0.1, 0.15) is 25.3 Å². The molecule has 0 aliphatic carbocycles. The van der Waals surface area contributed by atoms with Gasteiger partial charge >= 0.3 is 0 Å². The number of nitrogens with one attached hydrogen (secondary N) is 3. The van der Waals surface area contributed by atoms with Gasteiger partial charge in [-0.25, -0.2) is 0 Å². The van der Waals surface area contributed by atoms with E-state index < -0.39 is 17.6 Å². The zero-order chi connectivity index (χ0) is 20.1. The van der Waals surface area contributed by atoms with E-state index in [1.807, 2.05) is 30.3 Å². The summed E-state index contributed by atoms with van der Waals surface area (Å²) in [6, 6.07) is 8.54. The molecule has 4 unspecified atom stereocenters. The molecule has 0 radical (unpaired) electrons. The Labute approximate surface area is 165 Å². The number of fused-ring (bicyclic) bond motifs is 1. The van der Waals surface area contributed by atoms with Gasteiger partial charge in [0.1, 0.15) is 24.6 Å². The summed E-state index contributed by atoms with van der Waals surface area (Å²) < 4.78 is 5.81. The summed E-state index contributed by atoms with van der Waals surface area (Å²) in [5.74, 6) is -0.324. The van der Waals surface area contributed by atoms with E-state index in [9.17, 15) is 14.4 Å². The predicted molar refractivity (Wildman–Crippen MR) is 103 cm³/mol. The highest BCUT2D eigenvalue weighted by molar-refractivity contribution is 5.91. The Kier molecular flexibility index (Phi) is 6.43. The van der Waals surface area contributed by atoms with Crippen LogP contribution in [-0.4, -0.2) is 67.1 Å². The molecule has 3 rings (SSSR count). The van der Waals surface area contributed by atoms with Crippen LogP contribution in [0.4, 0.5) is 0 Å². The number of benzene rings is 1. The summed E-state index contributed by atoms with van der Waals surface area (Å²) in [5, 5.41) is 8.95. The number of hydrogen-bond donors (Lipinski definition) is 3. The normalized spacial score (nSPS) is 26.4. The molecule has 8 nitrogen and oxygen atoms in total. The third-order valence-corrected chi connectivity index (χ3v) is 5.50. The summed E-state index contributed by atoms with van der Waals surface area (Å²) in [6.45, 7) is 2.69. The lowest BCUT2D eigenvalue weighted by atomic mass is 10.0. The first kappa shape index (κ1) is 20.4. The van der Waals surface area contributed by atoms with Crippen LogP contribution in [0.3, 0.4) is 0 Å². The highest BCUT2D eigenvalue weighted by atomic mass is 16.5. The van der Waals surface area contributed by atoms with Crippen molar-refractivity contribution in [2.24, 2.45) is 0 Å². The molecule has 0 spiro atoms. The smallest absolute Gasteiger partial charge is 0.244 e. The van der Waals surface area contributed by atoms with Gasteiger partial charge in [-0.2, -0.15) is 0 Å². The number of carbonyl (C=O) groups excluding carboxylic acids is 3. The minimum atomic E-state index is -0.769. The summed E-state index contributed by atoms with van der Waals surface area (Å²) >= 11 is 0. The Morgan fingerprint density at radius 2 is 2.07 bits per heavy atom. The van der Waals surface area contributed by atoms with E-state index >= 15 is 0 Å². The molecule has 0 saturated carbocycles. The summed E-state index contributed by atoms with van der Waals surface area (Å²) in [6.07, 6.45) is 1.67. The molecule has 1 aromatic carbocycles. The molecule has 4 atom stereocenters. The maximum atomic E-state index is 13.0. The zero-order valence-electron chi connectivity index (χ0n) is 16.3. The summed E-state index contributed by atoms with van der Waals surface area (Å²) in [4.78, 5) is 38.5. The Morgan fingerprint density at radius 1 is 1.32 bits per heavy atom. The lowest BCUT2D eigenvalue weighted by molar-refractivity contribution is -0.166. The highest BCUT2D eigenvalue weighted by Crippen LogP contribution is 2.29. The number of ether oxygens (including phenoxy) is 1. The molecule has 2 aliphatic rings. The Hall–Kier alpha value is -2.29. The van der Waals surface area contributed by atoms with Gasteiger partial charge < -0.3 is 30.4 Å². The summed E-state index contributed by atoms with van der Waals surface area (Å²) in [5.41, 5.74) is 0.237. The number of nitrogens with zero attached hydrogens (tertiary/aromatic N) is 1. The molecule has 0 bridgehead atoms. The molecule has 2 aliphatic heterocycles. The first-order chi connectivity index (χ1) is 13.5. The van der Waals surface area contributed by atoms with Gasteiger partial charge in [0.05, 0.1) is 12.1 Å². The fraction of sp³-hybridized carbons (Fsp3) is 0.550. The molecular formula is C20H28N4O4. The average molecular weight is 388 g/mol. The number of likely N-dealkylation sites (N-methyl/N-ethyl adjacent to an activating group) is 1. The van der Waals surface area contributed by atoms with Gasteiger partial charge in [-0.3, -0.25) is 9.59 Å². The third kappa shape index (κ3) is 4.40. The van der Waals surface area contributed by atoms with Crippen molar-refractivity contribution in [1.82, 2.24) is 20.9 Å². The lowest BCUT2D eigenvalue weighted by Gasteiger charge is -2.38. The zero-order valence-corrected chi connectivity index (χ0v) is 16.3. The van der Waals surface area contributed by atoms with Crippen LogP contribution in [0.5, 0.6) is 0 Å². The van der Waals surface area contributed by atoms with Crippen molar-refractivity contribution in [3.05, 3.63) is 35.9 Å². The van der Waals surface area contributed by atoms with Crippen molar-refractivity contribution in [3.63, 3.8) is 0 Å². The van der Waals surface area contributed by atoms with E-state index in [0.29, 0.717) is 19.4 Å². The van der Waals surface area contributed by atoms with E-state index in [-0.39, 0.29) is 31.2 Å². The van der Waals surface area contributed by atoms with Crippen LogP contribution >= 0.6 is 0 Å². The number of carbonyl (C=O) groups is 3. The van der Waals surface area contributed by atoms with Crippen molar-refractivity contribution in [2.75, 3.05) is 20.2 Å². The van der Waals surface area contributed by atoms with Crippen molar-refractivity contribution < 1.29 is 19.1 Å². The van der Waals surface area contributed by atoms with Crippen LogP contribution in [0.25, 0.3) is 0 Å². The van der Waals surface area contributed by atoms with Crippen molar-refractivity contribution in [1.29, 1.82) is 0 Å². The van der Waals surface area contributed by atoms with Crippen molar-refractivity contribution >= 4 is 18.1 Å². The molecule has 0 aromatic heterocycles. The minimum Gasteiger partial charge on any atom is -0.356 e. The van der Waals surface area contributed by atoms with Gasteiger partial charge in [0.2, 0.25) is 11.8 Å². The first-order valence-corrected chi connectivity index (χ1v) is 9.61. The van der Waals surface area contributed by atoms with Gasteiger partial charge in [-0.15, -0.1) is 0 Å². The van der Waals surface area contributed by atoms with Crippen molar-refractivity contribution in [3.8, 4) is 0 Å². The largest absolute Gasteiger partial charge is 0.356 e. The van der Waals surface area contributed by atoms with E-state index in [2.05, 4.69) is 16.0 Å². The molecular weight excluding hydrogens is 360 g/mol. The molecule has 1 aromatic rings. The van der Waals surface area contributed by atoms with Crippen LogP contribution < -0.4 is 16.0 Å². The molecule has 8 heteroatoms. The fourth-order valence-electron chi connectivity index (χ4n) is 3.53. The van der Waals surface area contributed by atoms with E-state index in [1.54, 1.807) is 18.9 Å². The van der Waals surface area contributed by atoms with Crippen LogP contribution in [0.15, 0.2) is 30.3 Å². The second-order valence-corrected chi connectivity index (χ2v) is 7.55. The maximum Gasteiger partial charge on any atom is 0.244 e. The topological polar surface area (TPSA) is 99.8 Å². The fourth-order valence-corrected chi connectivity index (χ4v) is 3.53. The maximum absolute atomic E-state index is 13.0. The monoisotopic (exact) mass is 388 g/mol. The van der Waals surface area contributed by atoms with Crippen LogP contribution in [0.2, 0.25) is 0 Å². The molecule has 2 heterocycles. The van der Waals surface area contributed by atoms with E-state index in [1.165, 1.54) is 0 Å². The first-order valence-electron chi connectivity index (χ1n) is 9.61. The third-order valence-electron chi connectivity index (χ3n) is 5.50.